The Morgan fingerprint density at radius 2 is 1.11 bits per heavy atom. The number of piperidine rings is 1. The topological polar surface area (TPSA) is 17.1 Å². The second kappa shape index (κ2) is 10.3. The highest BCUT2D eigenvalue weighted by Gasteiger charge is 2.32. The number of benzene rings is 2. The molecule has 2 aromatic rings. The summed E-state index contributed by atoms with van der Waals surface area (Å²) in [6, 6.07) is 20.3. The van der Waals surface area contributed by atoms with E-state index in [9.17, 15) is 4.79 Å². The molecule has 2 nitrogen and oxygen atoms in total. The number of allylic oxidation sites excluding steroid dienone is 4. The SMILES string of the molecule is C[N+]1(C)C/C(=C\C=C\c2ccccc2)C(=O)/C(=C/C=C/c2ccccc2)C1.[IH2+]. The minimum atomic E-state index is 0. The molecule has 0 spiro atoms. The lowest BCUT2D eigenvalue weighted by molar-refractivity contribution is -0.881. The standard InChI is InChI=1S/C25H26NO.H2I/c1-26(2)19-23(17-9-15-21-11-5-3-6-12-21)25(27)24(20-26)18-10-16-22-13-7-4-8-14-22;/h3-18H,19-20H2,1-2H3;1H2/q2*+1/b15-9+,16-10+,23-17+,24-18+;. The number of likely N-dealkylation sites (tertiary alicyclic amines) is 1. The fourth-order valence-electron chi connectivity index (χ4n) is 3.26. The van der Waals surface area contributed by atoms with Gasteiger partial charge in [0, 0.05) is 0 Å². The first-order valence-electron chi connectivity index (χ1n) is 9.25. The Bertz CT molecular complexity index is 833. The first kappa shape index (κ1) is 22.1. The molecule has 0 unspecified atom stereocenters. The van der Waals surface area contributed by atoms with E-state index in [1.807, 2.05) is 72.9 Å². The van der Waals surface area contributed by atoms with Crippen molar-refractivity contribution in [3.8, 4) is 0 Å². The van der Waals surface area contributed by atoms with Crippen LogP contribution in [0.4, 0.5) is 0 Å². The van der Waals surface area contributed by atoms with Gasteiger partial charge in [-0.15, -0.1) is 0 Å². The number of carbonyl (C=O) groups is 1. The third kappa shape index (κ3) is 6.43. The van der Waals surface area contributed by atoms with Crippen LogP contribution in [0.3, 0.4) is 0 Å². The zero-order valence-corrected chi connectivity index (χ0v) is 19.0. The maximum atomic E-state index is 12.9. The Labute approximate surface area is 185 Å². The summed E-state index contributed by atoms with van der Waals surface area (Å²) >= 11 is 0. The summed E-state index contributed by atoms with van der Waals surface area (Å²) in [5.41, 5.74) is 3.98. The predicted molar refractivity (Wildman–Crippen MR) is 117 cm³/mol. The molecule has 1 aliphatic heterocycles. The first-order chi connectivity index (χ1) is 13.0. The molecule has 0 amide bonds. The lowest BCUT2D eigenvalue weighted by Crippen LogP contribution is -3.00. The average Bonchev–Trinajstić information content (AvgIpc) is 2.66. The normalized spacial score (nSPS) is 19.4. The number of likely N-dealkylation sites (N-methyl/N-ethyl adjacent to an activating group) is 1. The maximum absolute atomic E-state index is 12.9. The van der Waals surface area contributed by atoms with E-state index in [1.165, 1.54) is 0 Å². The predicted octanol–water partition coefficient (Wildman–Crippen LogP) is 1.39. The fourth-order valence-corrected chi connectivity index (χ4v) is 3.26. The quantitative estimate of drug-likeness (QED) is 0.364. The van der Waals surface area contributed by atoms with Crippen molar-refractivity contribution >= 4 is 17.9 Å². The van der Waals surface area contributed by atoms with E-state index in [-0.39, 0.29) is 29.8 Å². The average molecular weight is 485 g/mol. The molecule has 2 aromatic carbocycles. The van der Waals surface area contributed by atoms with Crippen molar-refractivity contribution < 1.29 is 33.3 Å². The van der Waals surface area contributed by atoms with Gasteiger partial charge in [0.05, 0.1) is 25.2 Å². The molecule has 0 N–H and O–H groups in total. The van der Waals surface area contributed by atoms with Crippen molar-refractivity contribution in [2.24, 2.45) is 0 Å². The molecule has 0 saturated carbocycles. The minimum Gasteiger partial charge on any atom is -0.321 e. The summed E-state index contributed by atoms with van der Waals surface area (Å²) in [6.45, 7) is 1.50. The van der Waals surface area contributed by atoms with Crippen molar-refractivity contribution in [3.05, 3.63) is 107 Å². The van der Waals surface area contributed by atoms with Crippen molar-refractivity contribution in [3.63, 3.8) is 0 Å². The number of ketones is 1. The van der Waals surface area contributed by atoms with Gasteiger partial charge in [0.15, 0.2) is 5.78 Å². The van der Waals surface area contributed by atoms with Gasteiger partial charge in [0.2, 0.25) is 24.0 Å². The molecule has 1 aliphatic rings. The van der Waals surface area contributed by atoms with Crippen LogP contribution in [-0.4, -0.2) is 37.5 Å². The van der Waals surface area contributed by atoms with Gasteiger partial charge in [-0.25, -0.2) is 0 Å². The number of hydrogen-bond acceptors (Lipinski definition) is 1. The Hall–Kier alpha value is -2.24. The van der Waals surface area contributed by atoms with E-state index in [0.29, 0.717) is 0 Å². The van der Waals surface area contributed by atoms with Crippen molar-refractivity contribution in [1.82, 2.24) is 0 Å². The number of nitrogens with zero attached hydrogens (tertiary/aromatic N) is 1. The molecular weight excluding hydrogens is 457 g/mol. The monoisotopic (exact) mass is 485 g/mol. The summed E-state index contributed by atoms with van der Waals surface area (Å²) in [4.78, 5) is 12.9. The third-order valence-corrected chi connectivity index (χ3v) is 4.55. The van der Waals surface area contributed by atoms with E-state index < -0.39 is 0 Å². The highest BCUT2D eigenvalue weighted by atomic mass is 127. The van der Waals surface area contributed by atoms with E-state index in [2.05, 4.69) is 38.4 Å². The minimum absolute atomic E-state index is 0. The van der Waals surface area contributed by atoms with E-state index in [1.54, 1.807) is 0 Å². The fraction of sp³-hybridized carbons (Fsp3) is 0.160. The van der Waals surface area contributed by atoms with Crippen molar-refractivity contribution in [1.29, 1.82) is 0 Å². The number of carbonyl (C=O) groups excluding carboxylic acids is 1. The highest BCUT2D eigenvalue weighted by molar-refractivity contribution is 6.09. The van der Waals surface area contributed by atoms with Crippen LogP contribution in [0.25, 0.3) is 12.2 Å². The van der Waals surface area contributed by atoms with Gasteiger partial charge in [-0.3, -0.25) is 4.79 Å². The molecule has 28 heavy (non-hydrogen) atoms. The zero-order chi connectivity index (χ0) is 19.1. The van der Waals surface area contributed by atoms with Crippen molar-refractivity contribution in [2.45, 2.75) is 0 Å². The van der Waals surface area contributed by atoms with Gasteiger partial charge in [-0.1, -0.05) is 85.0 Å². The van der Waals surface area contributed by atoms with Gasteiger partial charge in [0.25, 0.3) is 0 Å². The summed E-state index contributed by atoms with van der Waals surface area (Å²) in [5.74, 6) is 0.155. The zero-order valence-electron chi connectivity index (χ0n) is 16.5. The Kier molecular flexibility index (Phi) is 8.15. The summed E-state index contributed by atoms with van der Waals surface area (Å²) in [6.07, 6.45) is 11.9. The number of halogens is 1. The molecule has 3 rings (SSSR count). The summed E-state index contributed by atoms with van der Waals surface area (Å²) in [7, 11) is 4.33. The van der Waals surface area contributed by atoms with Crippen LogP contribution in [-0.2, 0) is 4.79 Å². The van der Waals surface area contributed by atoms with Gasteiger partial charge < -0.3 is 4.48 Å². The van der Waals surface area contributed by atoms with Crippen LogP contribution in [0, 0.1) is 0 Å². The van der Waals surface area contributed by atoms with Crippen LogP contribution in [0.15, 0.2) is 96.1 Å². The van der Waals surface area contributed by atoms with Gasteiger partial charge in [0.1, 0.15) is 13.1 Å². The van der Waals surface area contributed by atoms with E-state index in [4.69, 9.17) is 0 Å². The summed E-state index contributed by atoms with van der Waals surface area (Å²) in [5, 5.41) is 0. The summed E-state index contributed by atoms with van der Waals surface area (Å²) < 4.78 is 0.780. The Morgan fingerprint density at radius 3 is 1.50 bits per heavy atom. The molecule has 1 fully saturated rings. The second-order valence-electron chi connectivity index (χ2n) is 7.50. The Morgan fingerprint density at radius 1 is 0.714 bits per heavy atom. The lowest BCUT2D eigenvalue weighted by Gasteiger charge is -2.35. The number of quaternary nitrogens is 1. The molecule has 144 valence electrons. The van der Waals surface area contributed by atoms with Crippen LogP contribution in [0.5, 0.6) is 0 Å². The second-order valence-corrected chi connectivity index (χ2v) is 7.50. The molecule has 0 bridgehead atoms. The molecule has 0 radical (unpaired) electrons. The lowest BCUT2D eigenvalue weighted by atomic mass is 9.95. The van der Waals surface area contributed by atoms with Gasteiger partial charge in [-0.2, -0.15) is 0 Å². The van der Waals surface area contributed by atoms with Crippen LogP contribution in [0.1, 0.15) is 11.1 Å². The van der Waals surface area contributed by atoms with Gasteiger partial charge in [-0.05, 0) is 23.3 Å². The number of rotatable bonds is 4. The molecule has 3 heteroatoms. The largest absolute Gasteiger partial charge is 0.321 e. The molecule has 0 aliphatic carbocycles. The van der Waals surface area contributed by atoms with Crippen LogP contribution in [0.2, 0.25) is 0 Å². The first-order valence-corrected chi connectivity index (χ1v) is 9.25. The smallest absolute Gasteiger partial charge is 0.235 e. The Balaban J connectivity index is 0.00000280. The highest BCUT2D eigenvalue weighted by Crippen LogP contribution is 2.21. The maximum Gasteiger partial charge on any atom is 0.235 e. The molecule has 1 saturated heterocycles. The molecule has 0 aromatic heterocycles. The van der Waals surface area contributed by atoms with Crippen LogP contribution < -0.4 is 24.0 Å². The van der Waals surface area contributed by atoms with E-state index in [0.717, 1.165) is 39.8 Å². The molecule has 0 atom stereocenters. The number of Topliss-reactive ketones (excluding diaryl/α,β-unsaturated/α-hetero) is 1. The van der Waals surface area contributed by atoms with Crippen molar-refractivity contribution in [2.75, 3.05) is 27.2 Å². The molecule has 1 heterocycles. The third-order valence-electron chi connectivity index (χ3n) is 4.55. The number of hydrogen-bond donors (Lipinski definition) is 0. The molecular formula is C25H28INO+2. The van der Waals surface area contributed by atoms with Crippen LogP contribution >= 0.6 is 0 Å². The van der Waals surface area contributed by atoms with E-state index >= 15 is 0 Å². The van der Waals surface area contributed by atoms with Gasteiger partial charge >= 0.3 is 0 Å².